The molecule has 10 atom stereocenters. The third-order valence-corrected chi connectivity index (χ3v) is 15.5. The van der Waals surface area contributed by atoms with E-state index >= 15 is 0 Å². The molecule has 0 bridgehead atoms. The molecule has 0 saturated carbocycles. The van der Waals surface area contributed by atoms with Crippen LogP contribution in [-0.4, -0.2) is 241 Å². The molecule has 14 amide bonds. The molecular formula is C59H104N24O16. The highest BCUT2D eigenvalue weighted by Crippen LogP contribution is 2.25. The lowest BCUT2D eigenvalue weighted by Gasteiger charge is -2.31. The summed E-state index contributed by atoms with van der Waals surface area (Å²) in [6.07, 6.45) is 1.04. The van der Waals surface area contributed by atoms with Crippen molar-refractivity contribution in [2.75, 3.05) is 59.0 Å². The standard InChI is InChI=1S/C59H104N24O16/c1-31(2)24-38(77-46(89)27-73-55(98)41-13-8-23-83(41)56(99)42-14-9-22-82(42)47(90)28-74-50(93)40(30-85)81-48(91)34(60)11-6-20-70-58(65)66)53(96)78-36(15-17-43(61)86)49(92)72-26-45(88)76-35(12-7-21-71-59(67)68)52(95)80-39(25-32(3)4)54(97)79-37(16-18-44(62)87)51(94)75-33(29-84)10-5-19-69-57(63)64/h29,31-42,85H,5-28,30,60H2,1-4H3,(H2,61,86)(H2,62,87)(H,72,92)(H,73,98)(H,74,93)(H,75,94)(H,76,88)(H,77,89)(H,78,96)(H,79,97)(H,80,95)(H,81,91)(H4,63,64,69)(H4,65,66,70)(H4,67,68,71)/t33-,34-,35-,36-,37-,38-,39-,40-,41-,42-/m0/s1. The van der Waals surface area contributed by atoms with Gasteiger partial charge in [0.25, 0.3) is 0 Å². The van der Waals surface area contributed by atoms with Gasteiger partial charge < -0.3 is 124 Å². The molecule has 0 aromatic rings. The molecule has 2 aliphatic rings. The molecule has 99 heavy (non-hydrogen) atoms. The van der Waals surface area contributed by atoms with Crippen molar-refractivity contribution in [2.45, 2.75) is 191 Å². The molecule has 0 spiro atoms. The Hall–Kier alpha value is -10.0. The number of aliphatic hydroxyl groups is 1. The number of aliphatic hydroxyl groups excluding tert-OH is 1. The largest absolute Gasteiger partial charge is 0.394 e. The topological polar surface area (TPSA) is 674 Å². The summed E-state index contributed by atoms with van der Waals surface area (Å²) in [7, 11) is 0. The van der Waals surface area contributed by atoms with Gasteiger partial charge in [-0.25, -0.2) is 0 Å². The molecule has 556 valence electrons. The van der Waals surface area contributed by atoms with Gasteiger partial charge >= 0.3 is 0 Å². The number of aldehydes is 1. The normalized spacial score (nSPS) is 16.4. The first-order chi connectivity index (χ1) is 46.7. The molecule has 0 unspecified atom stereocenters. The van der Waals surface area contributed by atoms with Crippen molar-refractivity contribution >= 4 is 107 Å². The Bertz CT molecular complexity index is 2880. The summed E-state index contributed by atoms with van der Waals surface area (Å²) in [6, 6.07) is -12.8. The van der Waals surface area contributed by atoms with E-state index in [-0.39, 0.29) is 139 Å². The quantitative estimate of drug-likeness (QED) is 0.0116. The number of nitrogens with two attached hydrogens (primary N) is 9. The molecule has 2 saturated heterocycles. The zero-order chi connectivity index (χ0) is 74.5. The van der Waals surface area contributed by atoms with E-state index in [0.29, 0.717) is 25.5 Å². The lowest BCUT2D eigenvalue weighted by molar-refractivity contribution is -0.146. The van der Waals surface area contributed by atoms with Gasteiger partial charge in [0.05, 0.1) is 38.3 Å². The van der Waals surface area contributed by atoms with Gasteiger partial charge in [-0.1, -0.05) is 27.7 Å². The number of rotatable bonds is 46. The Balaban J connectivity index is 2.18. The minimum Gasteiger partial charge on any atom is -0.394 e. The SMILES string of the molecule is CC(C)C[C@H](NC(=O)CNC(=O)[C@@H]1CCCN1C(=O)[C@@H]1CCCN1C(=O)CNC(=O)[C@H](CO)NC(=O)[C@@H](N)CCCN=C(N)N)C(=O)N[C@@H](CCC(N)=O)C(=O)NCC(=O)N[C@@H](CCCN=C(N)N)C(=O)N[C@@H](CC(C)C)C(=O)N[C@@H](CCC(N)=O)C(=O)N[C@H](C=O)CCCN=C(N)N. The second-order valence-electron chi connectivity index (χ2n) is 24.7. The van der Waals surface area contributed by atoms with Crippen LogP contribution in [0.3, 0.4) is 0 Å². The monoisotopic (exact) mass is 1400 g/mol. The number of likely N-dealkylation sites (tertiary alicyclic amines) is 2. The number of primary amides is 2. The van der Waals surface area contributed by atoms with E-state index in [0.717, 1.165) is 0 Å². The fourth-order valence-corrected chi connectivity index (χ4v) is 10.5. The second-order valence-corrected chi connectivity index (χ2v) is 24.7. The number of hydrogen-bond donors (Lipinski definition) is 20. The third-order valence-electron chi connectivity index (χ3n) is 15.5. The number of aliphatic imine (C=N–C) groups is 3. The Kier molecular flexibility index (Phi) is 38.4. The van der Waals surface area contributed by atoms with Gasteiger partial charge in [0, 0.05) is 45.6 Å². The Morgan fingerprint density at radius 3 is 1.37 bits per heavy atom. The van der Waals surface area contributed by atoms with E-state index in [2.05, 4.69) is 68.1 Å². The molecule has 40 heteroatoms. The van der Waals surface area contributed by atoms with Gasteiger partial charge in [-0.05, 0) is 102 Å². The molecule has 2 rings (SSSR count). The Morgan fingerprint density at radius 2 is 0.869 bits per heavy atom. The van der Waals surface area contributed by atoms with E-state index in [1.165, 1.54) is 9.80 Å². The van der Waals surface area contributed by atoms with Gasteiger partial charge in [0.2, 0.25) is 82.7 Å². The Labute approximate surface area is 573 Å². The molecule has 0 aromatic carbocycles. The zero-order valence-electron chi connectivity index (χ0n) is 56.7. The number of guanidine groups is 3. The van der Waals surface area contributed by atoms with Crippen LogP contribution in [0, 0.1) is 11.8 Å². The van der Waals surface area contributed by atoms with E-state index in [1.54, 1.807) is 27.7 Å². The fourth-order valence-electron chi connectivity index (χ4n) is 10.5. The van der Waals surface area contributed by atoms with E-state index < -0.39 is 176 Å². The maximum Gasteiger partial charge on any atom is 0.246 e. The van der Waals surface area contributed by atoms with Crippen LogP contribution in [0.5, 0.6) is 0 Å². The molecule has 0 aliphatic carbocycles. The number of carbonyl (C=O) groups is 15. The minimum absolute atomic E-state index is 0.0107. The Morgan fingerprint density at radius 1 is 0.465 bits per heavy atom. The summed E-state index contributed by atoms with van der Waals surface area (Å²) in [5, 5.41) is 34.6. The van der Waals surface area contributed by atoms with Crippen LogP contribution < -0.4 is 105 Å². The maximum absolute atomic E-state index is 14.1. The van der Waals surface area contributed by atoms with Crippen molar-refractivity contribution in [1.29, 1.82) is 0 Å². The van der Waals surface area contributed by atoms with Gasteiger partial charge in [-0.3, -0.25) is 82.1 Å². The van der Waals surface area contributed by atoms with E-state index in [9.17, 15) is 77.0 Å². The molecular weight excluding hydrogens is 1300 g/mol. The summed E-state index contributed by atoms with van der Waals surface area (Å²) in [5.41, 5.74) is 49.0. The first-order valence-electron chi connectivity index (χ1n) is 32.8. The van der Waals surface area contributed by atoms with Crippen LogP contribution in [0.4, 0.5) is 0 Å². The van der Waals surface area contributed by atoms with E-state index in [1.807, 2.05) is 0 Å². The number of carbonyl (C=O) groups excluding carboxylic acids is 15. The molecule has 0 aromatic heterocycles. The summed E-state index contributed by atoms with van der Waals surface area (Å²) >= 11 is 0. The van der Waals surface area contributed by atoms with Crippen LogP contribution >= 0.6 is 0 Å². The smallest absolute Gasteiger partial charge is 0.246 e. The summed E-state index contributed by atoms with van der Waals surface area (Å²) < 4.78 is 0. The molecule has 29 N–H and O–H groups in total. The fraction of sp³-hybridized carbons (Fsp3) is 0.695. The molecule has 0 radical (unpaired) electrons. The van der Waals surface area contributed by atoms with Crippen LogP contribution in [0.15, 0.2) is 15.0 Å². The first kappa shape index (κ1) is 85.1. The van der Waals surface area contributed by atoms with Crippen molar-refractivity contribution in [3.63, 3.8) is 0 Å². The number of amides is 14. The summed E-state index contributed by atoms with van der Waals surface area (Å²) in [6.45, 7) is 4.61. The van der Waals surface area contributed by atoms with Gasteiger partial charge in [0.15, 0.2) is 17.9 Å². The highest BCUT2D eigenvalue weighted by molar-refractivity contribution is 5.99. The highest BCUT2D eigenvalue weighted by atomic mass is 16.3. The average molecular weight is 1410 g/mol. The maximum atomic E-state index is 14.1. The second kappa shape index (κ2) is 44.7. The third kappa shape index (κ3) is 33.2. The molecule has 2 aliphatic heterocycles. The number of hydrogen-bond acceptors (Lipinski definition) is 20. The predicted molar refractivity (Wildman–Crippen MR) is 359 cm³/mol. The van der Waals surface area contributed by atoms with Gasteiger partial charge in [0.1, 0.15) is 54.6 Å². The zero-order valence-corrected chi connectivity index (χ0v) is 56.7. The first-order valence-corrected chi connectivity index (χ1v) is 32.8. The van der Waals surface area contributed by atoms with Crippen molar-refractivity contribution in [2.24, 2.45) is 78.4 Å². The van der Waals surface area contributed by atoms with Gasteiger partial charge in [-0.2, -0.15) is 0 Å². The highest BCUT2D eigenvalue weighted by Gasteiger charge is 2.43. The van der Waals surface area contributed by atoms with Crippen LogP contribution in [0.2, 0.25) is 0 Å². The predicted octanol–water partition coefficient (Wildman–Crippen LogP) is -9.99. The van der Waals surface area contributed by atoms with Crippen LogP contribution in [0.1, 0.15) is 130 Å². The summed E-state index contributed by atoms with van der Waals surface area (Å²) in [4.78, 5) is 213. The molecule has 40 nitrogen and oxygen atoms in total. The van der Waals surface area contributed by atoms with Crippen molar-refractivity contribution in [1.82, 2.24) is 63.0 Å². The summed E-state index contributed by atoms with van der Waals surface area (Å²) in [5.74, 6) is -12.7. The average Bonchev–Trinajstić information content (AvgIpc) is 1.68. The van der Waals surface area contributed by atoms with Crippen LogP contribution in [0.25, 0.3) is 0 Å². The van der Waals surface area contributed by atoms with Crippen LogP contribution in [-0.2, 0) is 71.9 Å². The number of nitrogens with zero attached hydrogens (tertiary/aromatic N) is 5. The molecule has 2 fully saturated rings. The van der Waals surface area contributed by atoms with Crippen molar-refractivity contribution in [3.05, 3.63) is 0 Å². The van der Waals surface area contributed by atoms with Crippen molar-refractivity contribution in [3.8, 4) is 0 Å². The van der Waals surface area contributed by atoms with E-state index in [4.69, 9.17) is 51.6 Å². The van der Waals surface area contributed by atoms with Crippen molar-refractivity contribution < 1.29 is 77.0 Å². The molecule has 2 heterocycles. The minimum atomic E-state index is -1.55. The number of nitrogens with one attached hydrogen (secondary N) is 10. The lowest BCUT2D eigenvalue weighted by atomic mass is 10.0. The lowest BCUT2D eigenvalue weighted by Crippen LogP contribution is -2.58. The van der Waals surface area contributed by atoms with Gasteiger partial charge in [-0.15, -0.1) is 0 Å².